The van der Waals surface area contributed by atoms with Crippen LogP contribution in [0.15, 0.2) is 54.9 Å². The molecule has 1 amide bonds. The van der Waals surface area contributed by atoms with Crippen LogP contribution in [0.5, 0.6) is 0 Å². The minimum Gasteiger partial charge on any atom is -0.322 e. The van der Waals surface area contributed by atoms with E-state index in [0.29, 0.717) is 5.69 Å². The van der Waals surface area contributed by atoms with Gasteiger partial charge in [0, 0.05) is 11.8 Å². The van der Waals surface area contributed by atoms with Crippen molar-refractivity contribution in [2.75, 3.05) is 5.32 Å². The molecule has 0 spiro atoms. The lowest BCUT2D eigenvalue weighted by Crippen LogP contribution is -2.08. The predicted octanol–water partition coefficient (Wildman–Crippen LogP) is 1.73. The number of hydrogen-bond acceptors (Lipinski definition) is 4. The van der Waals surface area contributed by atoms with Crippen molar-refractivity contribution in [3.8, 4) is 5.69 Å². The van der Waals surface area contributed by atoms with Crippen LogP contribution in [-0.2, 0) is 4.79 Å². The number of amides is 1. The molecule has 6 nitrogen and oxygen atoms in total. The Hall–Kier alpha value is -2.76. The van der Waals surface area contributed by atoms with Crippen LogP contribution in [0, 0.1) is 0 Å². The molecule has 0 unspecified atom stereocenters. The highest BCUT2D eigenvalue weighted by Gasteiger charge is 2.01. The van der Waals surface area contributed by atoms with E-state index in [2.05, 4.69) is 20.8 Å². The average molecular weight is 255 g/mol. The number of carbonyl (C=O) groups excluding carboxylic acids is 1. The third-order valence-corrected chi connectivity index (χ3v) is 2.28. The van der Waals surface area contributed by atoms with E-state index in [1.807, 2.05) is 25.1 Å². The largest absolute Gasteiger partial charge is 0.322 e. The predicted molar refractivity (Wildman–Crippen MR) is 71.7 cm³/mol. The van der Waals surface area contributed by atoms with Gasteiger partial charge in [0.25, 0.3) is 0 Å². The van der Waals surface area contributed by atoms with Gasteiger partial charge in [0.2, 0.25) is 5.91 Å². The zero-order chi connectivity index (χ0) is 13.5. The van der Waals surface area contributed by atoms with Gasteiger partial charge in [0.15, 0.2) is 0 Å². The minimum absolute atomic E-state index is 0.188. The smallest absolute Gasteiger partial charge is 0.248 e. The van der Waals surface area contributed by atoms with Crippen molar-refractivity contribution in [1.29, 1.82) is 0 Å². The van der Waals surface area contributed by atoms with Crippen LogP contribution in [-0.4, -0.2) is 26.1 Å². The summed E-state index contributed by atoms with van der Waals surface area (Å²) in [4.78, 5) is 11.6. The highest BCUT2D eigenvalue weighted by atomic mass is 16.1. The summed E-state index contributed by atoms with van der Waals surface area (Å²) in [7, 11) is 0. The summed E-state index contributed by atoms with van der Waals surface area (Å²) < 4.78 is 1.52. The van der Waals surface area contributed by atoms with Gasteiger partial charge in [0.05, 0.1) is 5.69 Å². The number of anilines is 1. The Morgan fingerprint density at radius 2 is 2.26 bits per heavy atom. The fourth-order valence-corrected chi connectivity index (χ4v) is 1.44. The third kappa shape index (κ3) is 3.60. The number of benzene rings is 1. The molecule has 1 heterocycles. The quantitative estimate of drug-likeness (QED) is 0.667. The first-order chi connectivity index (χ1) is 9.29. The van der Waals surface area contributed by atoms with Gasteiger partial charge in [-0.1, -0.05) is 24.3 Å². The number of carbonyl (C=O) groups is 1. The number of tetrazole rings is 1. The molecule has 96 valence electrons. The Labute approximate surface area is 110 Å². The Bertz CT molecular complexity index is 601. The topological polar surface area (TPSA) is 72.7 Å². The van der Waals surface area contributed by atoms with Crippen molar-refractivity contribution < 1.29 is 4.79 Å². The van der Waals surface area contributed by atoms with Crippen molar-refractivity contribution in [3.63, 3.8) is 0 Å². The fraction of sp³-hybridized carbons (Fsp3) is 0.0769. The first-order valence-corrected chi connectivity index (χ1v) is 5.73. The van der Waals surface area contributed by atoms with Crippen molar-refractivity contribution in [2.24, 2.45) is 0 Å². The Morgan fingerprint density at radius 1 is 1.37 bits per heavy atom. The summed E-state index contributed by atoms with van der Waals surface area (Å²) in [6, 6.07) is 7.26. The van der Waals surface area contributed by atoms with Gasteiger partial charge in [-0.2, -0.15) is 0 Å². The molecule has 1 N–H and O–H groups in total. The number of hydrogen-bond donors (Lipinski definition) is 1. The normalized spacial score (nSPS) is 11.2. The molecule has 0 aliphatic carbocycles. The molecule has 2 aromatic rings. The van der Waals surface area contributed by atoms with Crippen molar-refractivity contribution in [2.45, 2.75) is 6.92 Å². The highest BCUT2D eigenvalue weighted by molar-refractivity contribution is 5.99. The van der Waals surface area contributed by atoms with E-state index in [9.17, 15) is 4.79 Å². The standard InChI is InChI=1S/C13H13N5O/c1-2-3-4-8-13(19)15-11-6-5-7-12(9-11)18-10-14-16-17-18/h2-10H,1H3,(H,15,19)/b3-2+,8-4+. The van der Waals surface area contributed by atoms with Crippen molar-refractivity contribution >= 4 is 11.6 Å². The first-order valence-electron chi connectivity index (χ1n) is 5.73. The van der Waals surface area contributed by atoms with E-state index in [0.717, 1.165) is 5.69 Å². The van der Waals surface area contributed by atoms with Gasteiger partial charge in [-0.05, 0) is 35.5 Å². The molecular formula is C13H13N5O. The molecule has 0 atom stereocenters. The van der Waals surface area contributed by atoms with Crippen LogP contribution in [0.3, 0.4) is 0 Å². The number of allylic oxidation sites excluding steroid dienone is 3. The fourth-order valence-electron chi connectivity index (χ4n) is 1.44. The van der Waals surface area contributed by atoms with E-state index >= 15 is 0 Å². The van der Waals surface area contributed by atoms with E-state index in [1.165, 1.54) is 17.1 Å². The van der Waals surface area contributed by atoms with Crippen LogP contribution in [0.4, 0.5) is 5.69 Å². The Balaban J connectivity index is 2.09. The summed E-state index contributed by atoms with van der Waals surface area (Å²) in [6.07, 6.45) is 8.27. The second kappa shape index (κ2) is 6.25. The number of nitrogens with zero attached hydrogens (tertiary/aromatic N) is 4. The maximum absolute atomic E-state index is 11.6. The van der Waals surface area contributed by atoms with Gasteiger partial charge in [-0.15, -0.1) is 5.10 Å². The van der Waals surface area contributed by atoms with Gasteiger partial charge >= 0.3 is 0 Å². The van der Waals surface area contributed by atoms with Crippen LogP contribution in [0.1, 0.15) is 6.92 Å². The van der Waals surface area contributed by atoms with Crippen LogP contribution >= 0.6 is 0 Å². The summed E-state index contributed by atoms with van der Waals surface area (Å²) in [5.74, 6) is -0.188. The van der Waals surface area contributed by atoms with E-state index in [-0.39, 0.29) is 5.91 Å². The Kier molecular flexibility index (Phi) is 4.17. The Morgan fingerprint density at radius 3 is 3.00 bits per heavy atom. The molecule has 0 bridgehead atoms. The van der Waals surface area contributed by atoms with Crippen LogP contribution in [0.2, 0.25) is 0 Å². The summed E-state index contributed by atoms with van der Waals surface area (Å²) >= 11 is 0. The second-order valence-electron chi connectivity index (χ2n) is 3.68. The van der Waals surface area contributed by atoms with Crippen molar-refractivity contribution in [1.82, 2.24) is 20.2 Å². The van der Waals surface area contributed by atoms with Gasteiger partial charge in [0.1, 0.15) is 6.33 Å². The lowest BCUT2D eigenvalue weighted by molar-refractivity contribution is -0.111. The van der Waals surface area contributed by atoms with Gasteiger partial charge < -0.3 is 5.32 Å². The zero-order valence-electron chi connectivity index (χ0n) is 10.4. The number of aromatic nitrogens is 4. The molecule has 19 heavy (non-hydrogen) atoms. The van der Waals surface area contributed by atoms with Gasteiger partial charge in [-0.25, -0.2) is 4.68 Å². The van der Waals surface area contributed by atoms with E-state index in [1.54, 1.807) is 24.3 Å². The molecule has 0 saturated carbocycles. The summed E-state index contributed by atoms with van der Waals surface area (Å²) in [6.45, 7) is 1.89. The molecular weight excluding hydrogens is 242 g/mol. The monoisotopic (exact) mass is 255 g/mol. The molecule has 1 aromatic heterocycles. The molecule has 0 saturated heterocycles. The lowest BCUT2D eigenvalue weighted by atomic mass is 10.2. The number of rotatable bonds is 4. The van der Waals surface area contributed by atoms with Crippen molar-refractivity contribution in [3.05, 3.63) is 54.9 Å². The van der Waals surface area contributed by atoms with Crippen LogP contribution < -0.4 is 5.32 Å². The third-order valence-electron chi connectivity index (χ3n) is 2.28. The molecule has 0 aliphatic rings. The minimum atomic E-state index is -0.188. The lowest BCUT2D eigenvalue weighted by Gasteiger charge is -2.04. The van der Waals surface area contributed by atoms with E-state index < -0.39 is 0 Å². The molecule has 0 radical (unpaired) electrons. The van der Waals surface area contributed by atoms with Crippen LogP contribution in [0.25, 0.3) is 5.69 Å². The van der Waals surface area contributed by atoms with Gasteiger partial charge in [-0.3, -0.25) is 4.79 Å². The zero-order valence-corrected chi connectivity index (χ0v) is 10.4. The molecule has 2 rings (SSSR count). The summed E-state index contributed by atoms with van der Waals surface area (Å²) in [5, 5.41) is 13.7. The maximum atomic E-state index is 11.6. The average Bonchev–Trinajstić information content (AvgIpc) is 2.93. The van der Waals surface area contributed by atoms with E-state index in [4.69, 9.17) is 0 Å². The second-order valence-corrected chi connectivity index (χ2v) is 3.68. The number of nitrogens with one attached hydrogen (secondary N) is 1. The molecule has 0 fully saturated rings. The molecule has 0 aliphatic heterocycles. The molecule has 6 heteroatoms. The maximum Gasteiger partial charge on any atom is 0.248 e. The molecule has 1 aromatic carbocycles. The highest BCUT2D eigenvalue weighted by Crippen LogP contribution is 2.13. The summed E-state index contributed by atoms with van der Waals surface area (Å²) in [5.41, 5.74) is 1.46. The first kappa shape index (κ1) is 12.7. The SMILES string of the molecule is C/C=C/C=C/C(=O)Nc1cccc(-n2cnnn2)c1.